The molecule has 0 aliphatic carbocycles. The molecule has 1 aromatic heterocycles. The Balaban J connectivity index is 2.05. The van der Waals surface area contributed by atoms with E-state index >= 15 is 0 Å². The summed E-state index contributed by atoms with van der Waals surface area (Å²) in [5.74, 6) is -0.620. The van der Waals surface area contributed by atoms with Gasteiger partial charge in [0, 0.05) is 26.0 Å². The van der Waals surface area contributed by atoms with E-state index in [4.69, 9.17) is 0 Å². The standard InChI is InChI=1S/C17H20FN4O2PS/c1-21-10-19-17-15(21)7-11(8-16(17)22(2)25-3)20-14-6-5-12(9-13(14)18)26(4,23)24/h5-10,20,25H,1-4H3. The average molecular weight is 394 g/mol. The van der Waals surface area contributed by atoms with Crippen LogP contribution in [0.4, 0.5) is 21.5 Å². The highest BCUT2D eigenvalue weighted by molar-refractivity contribution is 7.90. The van der Waals surface area contributed by atoms with Crippen molar-refractivity contribution in [2.75, 3.05) is 30.0 Å². The van der Waals surface area contributed by atoms with Crippen molar-refractivity contribution in [1.29, 1.82) is 0 Å². The van der Waals surface area contributed by atoms with Crippen LogP contribution in [0.2, 0.25) is 0 Å². The van der Waals surface area contributed by atoms with E-state index in [-0.39, 0.29) is 10.6 Å². The van der Waals surface area contributed by atoms with Crippen LogP contribution in [0, 0.1) is 5.82 Å². The van der Waals surface area contributed by atoms with E-state index < -0.39 is 15.7 Å². The molecule has 0 amide bonds. The van der Waals surface area contributed by atoms with Crippen LogP contribution in [0.25, 0.3) is 11.0 Å². The molecule has 0 fully saturated rings. The summed E-state index contributed by atoms with van der Waals surface area (Å²) in [5.41, 5.74) is 3.66. The molecular weight excluding hydrogens is 374 g/mol. The van der Waals surface area contributed by atoms with Crippen LogP contribution in [0.1, 0.15) is 0 Å². The number of hydrogen-bond acceptors (Lipinski definition) is 5. The number of benzene rings is 2. The zero-order chi connectivity index (χ0) is 19.1. The second-order valence-corrected chi connectivity index (χ2v) is 9.17. The molecule has 0 spiro atoms. The van der Waals surface area contributed by atoms with Gasteiger partial charge in [0.1, 0.15) is 11.3 Å². The summed E-state index contributed by atoms with van der Waals surface area (Å²) in [6.07, 6.45) is 2.80. The van der Waals surface area contributed by atoms with E-state index in [1.165, 1.54) is 12.1 Å². The minimum absolute atomic E-state index is 0.0461. The van der Waals surface area contributed by atoms with Gasteiger partial charge in [0.05, 0.1) is 28.1 Å². The van der Waals surface area contributed by atoms with Crippen LogP contribution >= 0.6 is 8.73 Å². The SMILES string of the molecule is CPN(C)c1cc(Nc2ccc(S(C)(=O)=O)cc2F)cc2c1ncn2C. The molecule has 1 heterocycles. The number of imidazole rings is 1. The largest absolute Gasteiger partial charge is 0.355 e. The van der Waals surface area contributed by atoms with Gasteiger partial charge in [-0.25, -0.2) is 17.8 Å². The van der Waals surface area contributed by atoms with Crippen LogP contribution in [-0.4, -0.2) is 37.9 Å². The van der Waals surface area contributed by atoms with Crippen molar-refractivity contribution in [3.05, 3.63) is 42.5 Å². The van der Waals surface area contributed by atoms with Crippen molar-refractivity contribution in [3.63, 3.8) is 0 Å². The van der Waals surface area contributed by atoms with Gasteiger partial charge < -0.3 is 14.6 Å². The first-order chi connectivity index (χ1) is 12.2. The number of aryl methyl sites for hydroxylation is 1. The number of rotatable bonds is 5. The fourth-order valence-electron chi connectivity index (χ4n) is 2.64. The van der Waals surface area contributed by atoms with Crippen molar-refractivity contribution >= 4 is 46.7 Å². The van der Waals surface area contributed by atoms with Gasteiger partial charge in [-0.1, -0.05) is 0 Å². The number of nitrogens with one attached hydrogen (secondary N) is 1. The van der Waals surface area contributed by atoms with Crippen LogP contribution in [-0.2, 0) is 16.9 Å². The fourth-order valence-corrected chi connectivity index (χ4v) is 3.69. The second kappa shape index (κ2) is 6.85. The van der Waals surface area contributed by atoms with E-state index in [0.717, 1.165) is 29.0 Å². The predicted octanol–water partition coefficient (Wildman–Crippen LogP) is 3.52. The fraction of sp³-hybridized carbons (Fsp3) is 0.235. The van der Waals surface area contributed by atoms with Gasteiger partial charge in [-0.2, -0.15) is 0 Å². The van der Waals surface area contributed by atoms with E-state index in [2.05, 4.69) is 21.6 Å². The lowest BCUT2D eigenvalue weighted by molar-refractivity contribution is 0.596. The Morgan fingerprint density at radius 1 is 1.27 bits per heavy atom. The molecule has 0 aliphatic heterocycles. The number of sulfone groups is 1. The number of hydrogen-bond donors (Lipinski definition) is 1. The molecule has 0 saturated heterocycles. The van der Waals surface area contributed by atoms with E-state index in [9.17, 15) is 12.8 Å². The van der Waals surface area contributed by atoms with Gasteiger partial charge in [0.25, 0.3) is 0 Å². The van der Waals surface area contributed by atoms with Crippen molar-refractivity contribution in [3.8, 4) is 0 Å². The molecule has 1 N–H and O–H groups in total. The van der Waals surface area contributed by atoms with E-state index in [1.54, 1.807) is 6.33 Å². The van der Waals surface area contributed by atoms with Crippen LogP contribution < -0.4 is 9.99 Å². The number of fused-ring (bicyclic) bond motifs is 1. The van der Waals surface area contributed by atoms with Gasteiger partial charge >= 0.3 is 0 Å². The number of aromatic nitrogens is 2. The zero-order valence-corrected chi connectivity index (χ0v) is 16.7. The Labute approximate surface area is 153 Å². The lowest BCUT2D eigenvalue weighted by Gasteiger charge is -2.19. The molecule has 2 aromatic carbocycles. The Morgan fingerprint density at radius 3 is 2.62 bits per heavy atom. The average Bonchev–Trinajstić information content (AvgIpc) is 2.95. The lowest BCUT2D eigenvalue weighted by atomic mass is 10.2. The quantitative estimate of drug-likeness (QED) is 0.671. The maximum Gasteiger partial charge on any atom is 0.175 e. The summed E-state index contributed by atoms with van der Waals surface area (Å²) < 4.78 is 41.5. The smallest absolute Gasteiger partial charge is 0.175 e. The molecule has 0 radical (unpaired) electrons. The number of anilines is 3. The molecule has 3 rings (SSSR count). The molecule has 6 nitrogen and oxygen atoms in total. The van der Waals surface area contributed by atoms with E-state index in [1.807, 2.05) is 30.8 Å². The number of nitrogens with zero attached hydrogens (tertiary/aromatic N) is 3. The Hall–Kier alpha value is -2.18. The van der Waals surface area contributed by atoms with Crippen molar-refractivity contribution < 1.29 is 12.8 Å². The normalized spacial score (nSPS) is 12.2. The molecule has 26 heavy (non-hydrogen) atoms. The Kier molecular flexibility index (Phi) is 4.90. The zero-order valence-electron chi connectivity index (χ0n) is 14.9. The third kappa shape index (κ3) is 3.52. The number of halogens is 1. The summed E-state index contributed by atoms with van der Waals surface area (Å²) in [4.78, 5) is 4.40. The molecule has 3 aromatic rings. The van der Waals surface area contributed by atoms with Gasteiger partial charge in [0.2, 0.25) is 0 Å². The highest BCUT2D eigenvalue weighted by Gasteiger charge is 2.14. The van der Waals surface area contributed by atoms with Gasteiger partial charge in [0.15, 0.2) is 9.84 Å². The molecule has 0 bridgehead atoms. The topological polar surface area (TPSA) is 67.2 Å². The molecule has 9 heteroatoms. The Morgan fingerprint density at radius 2 is 2.00 bits per heavy atom. The molecule has 1 atom stereocenters. The maximum absolute atomic E-state index is 14.4. The summed E-state index contributed by atoms with van der Waals surface area (Å²) in [5, 5.41) is 3.04. The summed E-state index contributed by atoms with van der Waals surface area (Å²) in [6.45, 7) is 2.07. The highest BCUT2D eigenvalue weighted by atomic mass is 32.2. The molecule has 138 valence electrons. The lowest BCUT2D eigenvalue weighted by Crippen LogP contribution is -2.05. The molecule has 0 saturated carbocycles. The third-order valence-corrected chi connectivity index (χ3v) is 6.18. The van der Waals surface area contributed by atoms with Crippen molar-refractivity contribution in [2.45, 2.75) is 4.90 Å². The third-order valence-electron chi connectivity index (χ3n) is 4.15. The monoisotopic (exact) mass is 394 g/mol. The summed E-state index contributed by atoms with van der Waals surface area (Å²) >= 11 is 0. The van der Waals surface area contributed by atoms with Crippen LogP contribution in [0.15, 0.2) is 41.6 Å². The summed E-state index contributed by atoms with van der Waals surface area (Å²) in [7, 11) is 0.983. The van der Waals surface area contributed by atoms with Crippen molar-refractivity contribution in [1.82, 2.24) is 9.55 Å². The van der Waals surface area contributed by atoms with Crippen LogP contribution in [0.5, 0.6) is 0 Å². The molecule has 0 aliphatic rings. The first-order valence-electron chi connectivity index (χ1n) is 7.83. The van der Waals surface area contributed by atoms with Gasteiger partial charge in [-0.05, 0) is 45.7 Å². The minimum Gasteiger partial charge on any atom is -0.355 e. The predicted molar refractivity (Wildman–Crippen MR) is 106 cm³/mol. The van der Waals surface area contributed by atoms with Crippen LogP contribution in [0.3, 0.4) is 0 Å². The van der Waals surface area contributed by atoms with Gasteiger partial charge in [-0.3, -0.25) is 0 Å². The second-order valence-electron chi connectivity index (χ2n) is 6.04. The molecular formula is C17H20FN4O2PS. The Bertz CT molecular complexity index is 1080. The minimum atomic E-state index is -3.45. The first-order valence-corrected chi connectivity index (χ1v) is 11.2. The van der Waals surface area contributed by atoms with E-state index in [0.29, 0.717) is 14.4 Å². The highest BCUT2D eigenvalue weighted by Crippen LogP contribution is 2.34. The summed E-state index contributed by atoms with van der Waals surface area (Å²) in [6, 6.07) is 7.66. The maximum atomic E-state index is 14.4. The first kappa shape index (κ1) is 18.6. The van der Waals surface area contributed by atoms with Crippen molar-refractivity contribution in [2.24, 2.45) is 7.05 Å². The van der Waals surface area contributed by atoms with Gasteiger partial charge in [-0.15, -0.1) is 0 Å². The molecule has 1 unspecified atom stereocenters.